The van der Waals surface area contributed by atoms with E-state index in [0.29, 0.717) is 41.0 Å². The molecule has 0 N–H and O–H groups in total. The van der Waals surface area contributed by atoms with E-state index in [9.17, 15) is 9.59 Å². The Morgan fingerprint density at radius 3 is 2.37 bits per heavy atom. The highest BCUT2D eigenvalue weighted by atomic mass is 32.1. The number of amides is 1. The van der Waals surface area contributed by atoms with E-state index in [0.717, 1.165) is 5.56 Å². The van der Waals surface area contributed by atoms with Gasteiger partial charge in [-0.3, -0.25) is 9.69 Å². The number of benzene rings is 1. The molecule has 1 fully saturated rings. The number of carbonyl (C=O) groups is 2. The molecule has 1 aromatic heterocycles. The number of esters is 1. The van der Waals surface area contributed by atoms with Crippen molar-refractivity contribution >= 4 is 35.3 Å². The number of thiocarbonyl (C=S) groups is 1. The standard InChI is InChI=1S/C20H20N2O4S/c1-4-21-16(18(23)22(5-2)20(21)27)12-15-10-11-17(26-15)13-6-8-14(9-7-13)19(24)25-3/h6-12H,4-5H2,1-3H3. The Balaban J connectivity index is 1.87. The Kier molecular flexibility index (Phi) is 5.41. The fourth-order valence-corrected chi connectivity index (χ4v) is 3.36. The zero-order chi connectivity index (χ0) is 19.6. The summed E-state index contributed by atoms with van der Waals surface area (Å²) in [7, 11) is 1.35. The lowest BCUT2D eigenvalue weighted by Crippen LogP contribution is -2.32. The predicted molar refractivity (Wildman–Crippen MR) is 106 cm³/mol. The van der Waals surface area contributed by atoms with Gasteiger partial charge in [0.1, 0.15) is 17.2 Å². The summed E-state index contributed by atoms with van der Waals surface area (Å²) in [6.07, 6.45) is 1.71. The van der Waals surface area contributed by atoms with Crippen LogP contribution >= 0.6 is 12.2 Å². The van der Waals surface area contributed by atoms with Crippen molar-refractivity contribution < 1.29 is 18.7 Å². The molecule has 2 heterocycles. The average molecular weight is 384 g/mol. The van der Waals surface area contributed by atoms with Crippen molar-refractivity contribution in [3.05, 3.63) is 53.4 Å². The minimum absolute atomic E-state index is 0.121. The van der Waals surface area contributed by atoms with E-state index in [4.69, 9.17) is 21.4 Å². The Labute approximate surface area is 163 Å². The monoisotopic (exact) mass is 384 g/mol. The molecule has 1 amide bonds. The van der Waals surface area contributed by atoms with Crippen LogP contribution in [-0.2, 0) is 9.53 Å². The van der Waals surface area contributed by atoms with Gasteiger partial charge in [-0.15, -0.1) is 0 Å². The maximum Gasteiger partial charge on any atom is 0.337 e. The number of ether oxygens (including phenoxy) is 1. The van der Waals surface area contributed by atoms with E-state index in [2.05, 4.69) is 0 Å². The Bertz CT molecular complexity index is 914. The molecular formula is C20H20N2O4S. The molecule has 0 saturated carbocycles. The fourth-order valence-electron chi connectivity index (χ4n) is 2.92. The first-order chi connectivity index (χ1) is 13.0. The van der Waals surface area contributed by atoms with E-state index in [1.165, 1.54) is 7.11 Å². The molecule has 0 aliphatic carbocycles. The summed E-state index contributed by atoms with van der Waals surface area (Å²) < 4.78 is 10.6. The number of methoxy groups -OCH3 is 1. The van der Waals surface area contributed by atoms with Gasteiger partial charge in [-0.2, -0.15) is 0 Å². The molecule has 3 rings (SSSR count). The lowest BCUT2D eigenvalue weighted by molar-refractivity contribution is -0.122. The Morgan fingerprint density at radius 2 is 1.78 bits per heavy atom. The molecule has 140 valence electrons. The van der Waals surface area contributed by atoms with Crippen molar-refractivity contribution in [1.82, 2.24) is 9.80 Å². The van der Waals surface area contributed by atoms with Crippen LogP contribution in [0.3, 0.4) is 0 Å². The highest BCUT2D eigenvalue weighted by Crippen LogP contribution is 2.27. The quantitative estimate of drug-likeness (QED) is 0.446. The number of likely N-dealkylation sites (N-methyl/N-ethyl adjacent to an activating group) is 2. The third-order valence-corrected chi connectivity index (χ3v) is 4.79. The molecule has 0 spiro atoms. The van der Waals surface area contributed by atoms with Crippen LogP contribution in [-0.4, -0.2) is 47.0 Å². The van der Waals surface area contributed by atoms with Gasteiger partial charge >= 0.3 is 5.97 Å². The predicted octanol–water partition coefficient (Wildman–Crippen LogP) is 3.54. The zero-order valence-corrected chi connectivity index (χ0v) is 16.2. The van der Waals surface area contributed by atoms with Gasteiger partial charge in [0, 0.05) is 24.7 Å². The molecule has 0 unspecified atom stereocenters. The van der Waals surface area contributed by atoms with E-state index < -0.39 is 0 Å². The van der Waals surface area contributed by atoms with Crippen molar-refractivity contribution in [3.63, 3.8) is 0 Å². The first kappa shape index (κ1) is 18.8. The highest BCUT2D eigenvalue weighted by Gasteiger charge is 2.36. The van der Waals surface area contributed by atoms with Gasteiger partial charge in [0.2, 0.25) is 0 Å². The first-order valence-corrected chi connectivity index (χ1v) is 9.04. The molecule has 1 aliphatic rings. The SMILES string of the molecule is CCN1C(=O)C(=Cc2ccc(-c3ccc(C(=O)OC)cc3)o2)N(CC)C1=S. The van der Waals surface area contributed by atoms with Gasteiger partial charge in [0.05, 0.1) is 12.7 Å². The number of nitrogens with zero attached hydrogens (tertiary/aromatic N) is 2. The van der Waals surface area contributed by atoms with Gasteiger partial charge in [0.15, 0.2) is 5.11 Å². The van der Waals surface area contributed by atoms with Crippen molar-refractivity contribution in [3.8, 4) is 11.3 Å². The van der Waals surface area contributed by atoms with Crippen molar-refractivity contribution in [2.45, 2.75) is 13.8 Å². The maximum absolute atomic E-state index is 12.6. The van der Waals surface area contributed by atoms with Crippen LogP contribution in [0.2, 0.25) is 0 Å². The van der Waals surface area contributed by atoms with E-state index in [1.54, 1.807) is 46.2 Å². The number of hydrogen-bond donors (Lipinski definition) is 0. The molecule has 6 nitrogen and oxygen atoms in total. The smallest absolute Gasteiger partial charge is 0.337 e. The minimum Gasteiger partial charge on any atom is -0.465 e. The molecule has 0 radical (unpaired) electrons. The number of rotatable bonds is 5. The van der Waals surface area contributed by atoms with Crippen LogP contribution in [0.5, 0.6) is 0 Å². The summed E-state index contributed by atoms with van der Waals surface area (Å²) in [6, 6.07) is 10.6. The summed E-state index contributed by atoms with van der Waals surface area (Å²) in [5, 5.41) is 0.515. The molecule has 1 aromatic carbocycles. The topological polar surface area (TPSA) is 63.0 Å². The Morgan fingerprint density at radius 1 is 1.11 bits per heavy atom. The summed E-state index contributed by atoms with van der Waals surface area (Å²) in [6.45, 7) is 4.98. The first-order valence-electron chi connectivity index (χ1n) is 8.63. The molecule has 27 heavy (non-hydrogen) atoms. The number of hydrogen-bond acceptors (Lipinski definition) is 5. The van der Waals surface area contributed by atoms with Crippen LogP contribution < -0.4 is 0 Å². The van der Waals surface area contributed by atoms with Gasteiger partial charge in [-0.05, 0) is 50.3 Å². The lowest BCUT2D eigenvalue weighted by atomic mass is 10.1. The average Bonchev–Trinajstić information content (AvgIpc) is 3.24. The van der Waals surface area contributed by atoms with Gasteiger partial charge in [0.25, 0.3) is 5.91 Å². The summed E-state index contributed by atoms with van der Waals surface area (Å²) >= 11 is 5.38. The number of carbonyl (C=O) groups excluding carboxylic acids is 2. The van der Waals surface area contributed by atoms with Crippen molar-refractivity contribution in [2.75, 3.05) is 20.2 Å². The molecule has 1 saturated heterocycles. The summed E-state index contributed by atoms with van der Waals surface area (Å²) in [5.41, 5.74) is 1.80. The third-order valence-electron chi connectivity index (χ3n) is 4.35. The molecule has 0 atom stereocenters. The fraction of sp³-hybridized carbons (Fsp3) is 0.250. The number of furan rings is 1. The van der Waals surface area contributed by atoms with Crippen LogP contribution in [0.15, 0.2) is 46.5 Å². The Hall–Kier alpha value is -2.93. The molecule has 7 heteroatoms. The minimum atomic E-state index is -0.387. The van der Waals surface area contributed by atoms with Crippen molar-refractivity contribution in [1.29, 1.82) is 0 Å². The zero-order valence-electron chi connectivity index (χ0n) is 15.4. The lowest BCUT2D eigenvalue weighted by Gasteiger charge is -2.16. The second-order valence-electron chi connectivity index (χ2n) is 5.88. The maximum atomic E-state index is 12.6. The van der Waals surface area contributed by atoms with Crippen molar-refractivity contribution in [2.24, 2.45) is 0 Å². The van der Waals surface area contributed by atoms with Crippen LogP contribution in [0.4, 0.5) is 0 Å². The third kappa shape index (κ3) is 3.50. The second-order valence-corrected chi connectivity index (χ2v) is 6.24. The highest BCUT2D eigenvalue weighted by molar-refractivity contribution is 7.80. The molecule has 1 aliphatic heterocycles. The summed E-state index contributed by atoms with van der Waals surface area (Å²) in [4.78, 5) is 27.5. The van der Waals surface area contributed by atoms with E-state index >= 15 is 0 Å². The molecule has 0 bridgehead atoms. The largest absolute Gasteiger partial charge is 0.465 e. The molecule has 2 aromatic rings. The van der Waals surface area contributed by atoms with Crippen LogP contribution in [0, 0.1) is 0 Å². The normalized spacial score (nSPS) is 15.7. The van der Waals surface area contributed by atoms with Gasteiger partial charge < -0.3 is 14.1 Å². The second kappa shape index (κ2) is 7.75. The van der Waals surface area contributed by atoms with Gasteiger partial charge in [-0.25, -0.2) is 4.79 Å². The van der Waals surface area contributed by atoms with E-state index in [-0.39, 0.29) is 11.9 Å². The summed E-state index contributed by atoms with van der Waals surface area (Å²) in [5.74, 6) is 0.693. The van der Waals surface area contributed by atoms with Crippen LogP contribution in [0.25, 0.3) is 17.4 Å². The molecular weight excluding hydrogens is 364 g/mol. The van der Waals surface area contributed by atoms with Gasteiger partial charge in [-0.1, -0.05) is 12.1 Å². The van der Waals surface area contributed by atoms with Crippen LogP contribution in [0.1, 0.15) is 30.0 Å². The van der Waals surface area contributed by atoms with E-state index in [1.807, 2.05) is 19.9 Å².